The maximum absolute atomic E-state index is 11.9. The molecule has 1 rings (SSSR count). The maximum Gasteiger partial charge on any atom is 0.332 e. The lowest BCUT2D eigenvalue weighted by Gasteiger charge is -2.33. The van der Waals surface area contributed by atoms with E-state index in [1.807, 2.05) is 0 Å². The van der Waals surface area contributed by atoms with E-state index in [1.165, 1.54) is 23.8 Å². The number of nitrogens with zero attached hydrogens (tertiary/aromatic N) is 3. The zero-order valence-corrected chi connectivity index (χ0v) is 11.4. The Morgan fingerprint density at radius 1 is 1.30 bits per heavy atom. The molecule has 0 radical (unpaired) electrons. The minimum Gasteiger partial charge on any atom is -0.367 e. The summed E-state index contributed by atoms with van der Waals surface area (Å²) in [5.74, 6) is -0.633. The molecule has 114 valence electrons. The van der Waals surface area contributed by atoms with E-state index in [4.69, 9.17) is 10.6 Å². The molecule has 20 heavy (non-hydrogen) atoms. The molecule has 1 saturated heterocycles. The molecule has 0 aromatic heterocycles. The summed E-state index contributed by atoms with van der Waals surface area (Å²) in [6.07, 6.45) is 0. The first kappa shape index (κ1) is 16.0. The van der Waals surface area contributed by atoms with Gasteiger partial charge in [0.2, 0.25) is 0 Å². The van der Waals surface area contributed by atoms with E-state index in [9.17, 15) is 19.7 Å². The number of carbonyl (C=O) groups is 2. The predicted molar refractivity (Wildman–Crippen MR) is 65.5 cm³/mol. The van der Waals surface area contributed by atoms with Crippen molar-refractivity contribution in [3.63, 3.8) is 0 Å². The van der Waals surface area contributed by atoms with Gasteiger partial charge >= 0.3 is 12.0 Å². The van der Waals surface area contributed by atoms with E-state index in [-0.39, 0.29) is 6.61 Å². The molecule has 0 unspecified atom stereocenters. The Morgan fingerprint density at radius 2 is 1.85 bits per heavy atom. The summed E-state index contributed by atoms with van der Waals surface area (Å²) in [5.41, 5.74) is 3.99. The van der Waals surface area contributed by atoms with E-state index in [1.54, 1.807) is 0 Å². The van der Waals surface area contributed by atoms with Gasteiger partial charge in [0.15, 0.2) is 0 Å². The Bertz CT molecular complexity index is 391. The van der Waals surface area contributed by atoms with Gasteiger partial charge in [-0.2, -0.15) is 0 Å². The summed E-state index contributed by atoms with van der Waals surface area (Å²) in [6.45, 7) is 3.96. The summed E-state index contributed by atoms with van der Waals surface area (Å²) in [6, 6.07) is -0.518. The highest BCUT2D eigenvalue weighted by Gasteiger charge is 2.34. The van der Waals surface area contributed by atoms with Crippen LogP contribution in [0.3, 0.4) is 0 Å². The zero-order chi connectivity index (χ0) is 15.3. The fourth-order valence-electron chi connectivity index (χ4n) is 1.51. The second kappa shape index (κ2) is 6.37. The molecule has 10 nitrogen and oxygen atoms in total. The number of hydroxylamine groups is 2. The van der Waals surface area contributed by atoms with Crippen LogP contribution in [-0.2, 0) is 14.5 Å². The number of hydrogen-bond donors (Lipinski definition) is 1. The average molecular weight is 290 g/mol. The lowest BCUT2D eigenvalue weighted by Crippen LogP contribution is -2.51. The van der Waals surface area contributed by atoms with Crippen LogP contribution in [0, 0.1) is 15.5 Å². The van der Waals surface area contributed by atoms with Crippen LogP contribution < -0.4 is 5.73 Å². The van der Waals surface area contributed by atoms with Crippen LogP contribution in [-0.4, -0.2) is 59.8 Å². The van der Waals surface area contributed by atoms with Crippen molar-refractivity contribution in [1.29, 1.82) is 0 Å². The third kappa shape index (κ3) is 4.53. The number of rotatable bonds is 5. The molecular weight excluding hydrogens is 272 g/mol. The summed E-state index contributed by atoms with van der Waals surface area (Å²) < 4.78 is 0. The van der Waals surface area contributed by atoms with Crippen molar-refractivity contribution >= 4 is 12.0 Å². The maximum atomic E-state index is 11.9. The average Bonchev–Trinajstić information content (AvgIpc) is 2.37. The SMILES string of the molecule is CC(C)(CO[N+](=O)[O-])C(=O)ON1CCN(C(N)=O)CC1. The van der Waals surface area contributed by atoms with E-state index in [0.717, 1.165) is 0 Å². The number of primary amides is 1. The van der Waals surface area contributed by atoms with Gasteiger partial charge in [-0.05, 0) is 13.8 Å². The number of nitrogens with two attached hydrogens (primary N) is 1. The Balaban J connectivity index is 2.42. The molecule has 2 N–H and O–H groups in total. The van der Waals surface area contributed by atoms with Gasteiger partial charge in [0, 0.05) is 13.1 Å². The second-order valence-electron chi connectivity index (χ2n) is 5.01. The zero-order valence-electron chi connectivity index (χ0n) is 11.4. The highest BCUT2D eigenvalue weighted by atomic mass is 16.9. The number of urea groups is 1. The quantitative estimate of drug-likeness (QED) is 0.527. The fourth-order valence-corrected chi connectivity index (χ4v) is 1.51. The van der Waals surface area contributed by atoms with Crippen LogP contribution in [0.1, 0.15) is 13.8 Å². The van der Waals surface area contributed by atoms with Gasteiger partial charge in [0.05, 0.1) is 18.5 Å². The van der Waals surface area contributed by atoms with E-state index >= 15 is 0 Å². The van der Waals surface area contributed by atoms with Crippen LogP contribution in [0.15, 0.2) is 0 Å². The monoisotopic (exact) mass is 290 g/mol. The molecule has 1 heterocycles. The molecule has 0 spiro atoms. The highest BCUT2D eigenvalue weighted by Crippen LogP contribution is 2.19. The molecule has 1 aliphatic rings. The number of carbonyl (C=O) groups excluding carboxylic acids is 2. The molecule has 0 saturated carbocycles. The van der Waals surface area contributed by atoms with Gasteiger partial charge in [-0.25, -0.2) is 9.59 Å². The Hall–Kier alpha value is -2.10. The molecule has 1 aliphatic heterocycles. The molecule has 0 bridgehead atoms. The first-order chi connectivity index (χ1) is 9.22. The predicted octanol–water partition coefficient (Wildman–Crippen LogP) is -0.625. The Kier molecular flexibility index (Phi) is 5.08. The molecular formula is C10H18N4O6. The van der Waals surface area contributed by atoms with E-state index in [0.29, 0.717) is 26.2 Å². The normalized spacial score (nSPS) is 16.6. The molecule has 10 heteroatoms. The molecule has 1 fully saturated rings. The van der Waals surface area contributed by atoms with Gasteiger partial charge in [0.1, 0.15) is 6.61 Å². The Morgan fingerprint density at radius 3 is 2.30 bits per heavy atom. The van der Waals surface area contributed by atoms with Crippen molar-refractivity contribution in [2.75, 3.05) is 32.8 Å². The summed E-state index contributed by atoms with van der Waals surface area (Å²) in [7, 11) is 0. The third-order valence-electron chi connectivity index (χ3n) is 2.85. The summed E-state index contributed by atoms with van der Waals surface area (Å²) in [4.78, 5) is 43.7. The number of piperazine rings is 1. The fraction of sp³-hybridized carbons (Fsp3) is 0.800. The summed E-state index contributed by atoms with van der Waals surface area (Å²) in [5, 5.41) is 10.6. The topological polar surface area (TPSA) is 128 Å². The highest BCUT2D eigenvalue weighted by molar-refractivity contribution is 5.75. The van der Waals surface area contributed by atoms with E-state index < -0.39 is 22.5 Å². The first-order valence-corrected chi connectivity index (χ1v) is 6.01. The molecule has 0 aromatic carbocycles. The van der Waals surface area contributed by atoms with Crippen LogP contribution in [0.5, 0.6) is 0 Å². The minimum absolute atomic E-state index is 0.334. The number of amides is 2. The van der Waals surface area contributed by atoms with Gasteiger partial charge in [-0.1, -0.05) is 0 Å². The van der Waals surface area contributed by atoms with Crippen molar-refractivity contribution in [3.05, 3.63) is 10.1 Å². The van der Waals surface area contributed by atoms with Crippen molar-refractivity contribution < 1.29 is 24.4 Å². The molecule has 2 amide bonds. The lowest BCUT2D eigenvalue weighted by atomic mass is 9.95. The van der Waals surface area contributed by atoms with Crippen molar-refractivity contribution in [2.45, 2.75) is 13.8 Å². The van der Waals surface area contributed by atoms with E-state index in [2.05, 4.69) is 4.84 Å². The molecule has 0 aromatic rings. The van der Waals surface area contributed by atoms with Crippen molar-refractivity contribution in [1.82, 2.24) is 9.96 Å². The third-order valence-corrected chi connectivity index (χ3v) is 2.85. The lowest BCUT2D eigenvalue weighted by molar-refractivity contribution is -0.760. The van der Waals surface area contributed by atoms with Gasteiger partial charge < -0.3 is 20.3 Å². The standard InChI is InChI=1S/C10H18N4O6/c1-10(2,7-19-14(17)18)8(15)20-13-5-3-12(4-6-13)9(11)16/h3-7H2,1-2H3,(H2,11,16). The number of hydrogen-bond acceptors (Lipinski definition) is 7. The largest absolute Gasteiger partial charge is 0.367 e. The van der Waals surface area contributed by atoms with Crippen LogP contribution in [0.2, 0.25) is 0 Å². The Labute approximate surface area is 115 Å². The van der Waals surface area contributed by atoms with Crippen LogP contribution in [0.4, 0.5) is 4.79 Å². The second-order valence-corrected chi connectivity index (χ2v) is 5.01. The smallest absolute Gasteiger partial charge is 0.332 e. The molecule has 0 atom stereocenters. The van der Waals surface area contributed by atoms with Gasteiger partial charge in [-0.15, -0.1) is 15.2 Å². The van der Waals surface area contributed by atoms with Crippen molar-refractivity contribution in [2.24, 2.45) is 11.1 Å². The van der Waals surface area contributed by atoms with Gasteiger partial charge in [-0.3, -0.25) is 0 Å². The van der Waals surface area contributed by atoms with Crippen LogP contribution in [0.25, 0.3) is 0 Å². The molecule has 0 aliphatic carbocycles. The summed E-state index contributed by atoms with van der Waals surface area (Å²) >= 11 is 0. The van der Waals surface area contributed by atoms with Crippen molar-refractivity contribution in [3.8, 4) is 0 Å². The van der Waals surface area contributed by atoms with Gasteiger partial charge in [0.25, 0.3) is 5.09 Å². The first-order valence-electron chi connectivity index (χ1n) is 6.01. The van der Waals surface area contributed by atoms with Crippen LogP contribution >= 0.6 is 0 Å². The minimum atomic E-state index is -1.14.